The highest BCUT2D eigenvalue weighted by Gasteiger charge is 2.15. The molecule has 0 aliphatic carbocycles. The number of methoxy groups -OCH3 is 1. The second kappa shape index (κ2) is 9.18. The van der Waals surface area contributed by atoms with Gasteiger partial charge in [-0.15, -0.1) is 0 Å². The Hall–Kier alpha value is -2.20. The number of rotatable bonds is 8. The Morgan fingerprint density at radius 3 is 2.75 bits per heavy atom. The van der Waals surface area contributed by atoms with Gasteiger partial charge in [0, 0.05) is 6.54 Å². The molecule has 1 amide bonds. The van der Waals surface area contributed by atoms with Gasteiger partial charge < -0.3 is 14.8 Å². The number of carbonyl (C=O) groups excluding carboxylic acids is 1. The summed E-state index contributed by atoms with van der Waals surface area (Å²) in [6.45, 7) is 2.30. The molecule has 0 saturated carbocycles. The summed E-state index contributed by atoms with van der Waals surface area (Å²) in [6.07, 6.45) is 1.12. The molecule has 128 valence electrons. The Balaban J connectivity index is 1.73. The van der Waals surface area contributed by atoms with E-state index in [9.17, 15) is 4.79 Å². The molecule has 0 spiro atoms. The first-order valence-corrected chi connectivity index (χ1v) is 8.30. The quantitative estimate of drug-likeness (QED) is 0.737. The van der Waals surface area contributed by atoms with Crippen LogP contribution in [0, 0.1) is 0 Å². The van der Waals surface area contributed by atoms with Crippen molar-refractivity contribution in [3.63, 3.8) is 0 Å². The molecule has 0 heterocycles. The Labute approximate surface area is 147 Å². The molecule has 0 aliphatic heterocycles. The fourth-order valence-electron chi connectivity index (χ4n) is 2.26. The Bertz CT molecular complexity index is 675. The van der Waals surface area contributed by atoms with E-state index in [4.69, 9.17) is 21.1 Å². The van der Waals surface area contributed by atoms with Gasteiger partial charge in [0.05, 0.1) is 12.1 Å². The minimum atomic E-state index is -0.596. The van der Waals surface area contributed by atoms with Crippen molar-refractivity contribution >= 4 is 17.5 Å². The van der Waals surface area contributed by atoms with E-state index in [0.717, 1.165) is 18.6 Å². The molecule has 5 heteroatoms. The zero-order chi connectivity index (χ0) is 17.4. The minimum absolute atomic E-state index is 0.152. The number of aryl methyl sites for hydroxylation is 1. The summed E-state index contributed by atoms with van der Waals surface area (Å²) >= 11 is 6.03. The van der Waals surface area contributed by atoms with Crippen molar-refractivity contribution in [1.29, 1.82) is 0 Å². The molecule has 2 aromatic rings. The number of ether oxygens (including phenoxy) is 2. The van der Waals surface area contributed by atoms with Crippen molar-refractivity contribution in [2.45, 2.75) is 25.9 Å². The molecule has 0 saturated heterocycles. The third-order valence-electron chi connectivity index (χ3n) is 3.59. The van der Waals surface area contributed by atoms with E-state index < -0.39 is 6.10 Å². The fraction of sp³-hybridized carbons (Fsp3) is 0.316. The van der Waals surface area contributed by atoms with Crippen LogP contribution in [-0.4, -0.2) is 25.7 Å². The third kappa shape index (κ3) is 5.46. The number of hydrogen-bond acceptors (Lipinski definition) is 3. The van der Waals surface area contributed by atoms with Crippen LogP contribution >= 0.6 is 11.6 Å². The standard InChI is InChI=1S/C19H22ClNO3/c1-14(24-18-11-4-3-10-17(18)20)19(22)21-12-6-8-15-7-5-9-16(13-15)23-2/h3-5,7,9-11,13-14H,6,8,12H2,1-2H3,(H,21,22)/t14-/m0/s1. The van der Waals surface area contributed by atoms with Crippen molar-refractivity contribution in [1.82, 2.24) is 5.32 Å². The third-order valence-corrected chi connectivity index (χ3v) is 3.90. The lowest BCUT2D eigenvalue weighted by atomic mass is 10.1. The van der Waals surface area contributed by atoms with E-state index >= 15 is 0 Å². The average molecular weight is 348 g/mol. The van der Waals surface area contributed by atoms with Crippen molar-refractivity contribution in [3.05, 3.63) is 59.1 Å². The zero-order valence-electron chi connectivity index (χ0n) is 13.9. The maximum Gasteiger partial charge on any atom is 0.260 e. The molecule has 0 unspecified atom stereocenters. The number of nitrogens with one attached hydrogen (secondary N) is 1. The summed E-state index contributed by atoms with van der Waals surface area (Å²) < 4.78 is 10.8. The van der Waals surface area contributed by atoms with Crippen molar-refractivity contribution in [2.75, 3.05) is 13.7 Å². The number of para-hydroxylation sites is 1. The second-order valence-corrected chi connectivity index (χ2v) is 5.84. The molecule has 24 heavy (non-hydrogen) atoms. The van der Waals surface area contributed by atoms with Crippen LogP contribution in [-0.2, 0) is 11.2 Å². The van der Waals surface area contributed by atoms with Gasteiger partial charge in [-0.05, 0) is 49.6 Å². The van der Waals surface area contributed by atoms with Crippen LogP contribution < -0.4 is 14.8 Å². The Morgan fingerprint density at radius 1 is 1.21 bits per heavy atom. The first-order chi connectivity index (χ1) is 11.6. The van der Waals surface area contributed by atoms with E-state index in [0.29, 0.717) is 17.3 Å². The van der Waals surface area contributed by atoms with Crippen LogP contribution in [0.25, 0.3) is 0 Å². The van der Waals surface area contributed by atoms with Gasteiger partial charge in [0.15, 0.2) is 6.10 Å². The summed E-state index contributed by atoms with van der Waals surface area (Å²) in [5, 5.41) is 3.38. The van der Waals surface area contributed by atoms with Crippen molar-refractivity contribution in [3.8, 4) is 11.5 Å². The summed E-state index contributed by atoms with van der Waals surface area (Å²) in [5.41, 5.74) is 1.18. The summed E-state index contributed by atoms with van der Waals surface area (Å²) in [4.78, 5) is 12.1. The molecule has 1 N–H and O–H groups in total. The predicted molar refractivity (Wildman–Crippen MR) is 95.9 cm³/mol. The van der Waals surface area contributed by atoms with Gasteiger partial charge >= 0.3 is 0 Å². The lowest BCUT2D eigenvalue weighted by Crippen LogP contribution is -2.37. The van der Waals surface area contributed by atoms with E-state index in [1.54, 1.807) is 26.2 Å². The highest BCUT2D eigenvalue weighted by Crippen LogP contribution is 2.24. The van der Waals surface area contributed by atoms with Crippen LogP contribution in [0.15, 0.2) is 48.5 Å². The largest absolute Gasteiger partial charge is 0.497 e. The summed E-state index contributed by atoms with van der Waals surface area (Å²) in [7, 11) is 1.65. The van der Waals surface area contributed by atoms with E-state index in [1.807, 2.05) is 36.4 Å². The van der Waals surface area contributed by atoms with Gasteiger partial charge in [0.25, 0.3) is 5.91 Å². The number of benzene rings is 2. The van der Waals surface area contributed by atoms with Crippen LogP contribution in [0.5, 0.6) is 11.5 Å². The zero-order valence-corrected chi connectivity index (χ0v) is 14.7. The number of amides is 1. The molecule has 4 nitrogen and oxygen atoms in total. The monoisotopic (exact) mass is 347 g/mol. The van der Waals surface area contributed by atoms with Crippen LogP contribution in [0.1, 0.15) is 18.9 Å². The van der Waals surface area contributed by atoms with Crippen molar-refractivity contribution in [2.24, 2.45) is 0 Å². The second-order valence-electron chi connectivity index (χ2n) is 5.44. The first-order valence-electron chi connectivity index (χ1n) is 7.92. The molecule has 0 aliphatic rings. The van der Waals surface area contributed by atoms with Crippen LogP contribution in [0.2, 0.25) is 5.02 Å². The molecule has 1 atom stereocenters. The Morgan fingerprint density at radius 2 is 2.00 bits per heavy atom. The Kier molecular flexibility index (Phi) is 6.94. The van der Waals surface area contributed by atoms with Gasteiger partial charge in [0.1, 0.15) is 11.5 Å². The van der Waals surface area contributed by atoms with Gasteiger partial charge in [-0.2, -0.15) is 0 Å². The number of halogens is 1. The van der Waals surface area contributed by atoms with Gasteiger partial charge in [0.2, 0.25) is 0 Å². The molecular weight excluding hydrogens is 326 g/mol. The molecule has 2 aromatic carbocycles. The van der Waals surface area contributed by atoms with Crippen molar-refractivity contribution < 1.29 is 14.3 Å². The van der Waals surface area contributed by atoms with Gasteiger partial charge in [-0.1, -0.05) is 35.9 Å². The molecule has 0 aromatic heterocycles. The number of hydrogen-bond donors (Lipinski definition) is 1. The SMILES string of the molecule is COc1cccc(CCCNC(=O)[C@H](C)Oc2ccccc2Cl)c1. The molecular formula is C19H22ClNO3. The summed E-state index contributed by atoms with van der Waals surface area (Å²) in [6, 6.07) is 15.0. The molecule has 0 radical (unpaired) electrons. The normalized spacial score (nSPS) is 11.6. The van der Waals surface area contributed by atoms with E-state index in [2.05, 4.69) is 5.32 Å². The van der Waals surface area contributed by atoms with Gasteiger partial charge in [-0.3, -0.25) is 4.79 Å². The predicted octanol–water partition coefficient (Wildman–Crippen LogP) is 3.86. The topological polar surface area (TPSA) is 47.6 Å². The first kappa shape index (κ1) is 18.1. The maximum absolute atomic E-state index is 12.1. The minimum Gasteiger partial charge on any atom is -0.497 e. The van der Waals surface area contributed by atoms with E-state index in [1.165, 1.54) is 5.56 Å². The fourth-order valence-corrected chi connectivity index (χ4v) is 2.44. The lowest BCUT2D eigenvalue weighted by molar-refractivity contribution is -0.127. The van der Waals surface area contributed by atoms with E-state index in [-0.39, 0.29) is 5.91 Å². The van der Waals surface area contributed by atoms with Gasteiger partial charge in [-0.25, -0.2) is 0 Å². The van der Waals surface area contributed by atoms with Crippen LogP contribution in [0.4, 0.5) is 0 Å². The van der Waals surface area contributed by atoms with Crippen LogP contribution in [0.3, 0.4) is 0 Å². The highest BCUT2D eigenvalue weighted by molar-refractivity contribution is 6.32. The molecule has 0 fully saturated rings. The maximum atomic E-state index is 12.1. The number of carbonyl (C=O) groups is 1. The smallest absolute Gasteiger partial charge is 0.260 e. The highest BCUT2D eigenvalue weighted by atomic mass is 35.5. The average Bonchev–Trinajstić information content (AvgIpc) is 2.60. The lowest BCUT2D eigenvalue weighted by Gasteiger charge is -2.15. The molecule has 0 bridgehead atoms. The molecule has 2 rings (SSSR count). The summed E-state index contributed by atoms with van der Waals surface area (Å²) in [5.74, 6) is 1.21.